The predicted molar refractivity (Wildman–Crippen MR) is 108 cm³/mol. The number of anilines is 1. The number of pyridine rings is 1. The number of halogens is 2. The molecule has 0 saturated heterocycles. The summed E-state index contributed by atoms with van der Waals surface area (Å²) in [5, 5.41) is 2.53. The van der Waals surface area contributed by atoms with E-state index in [1.54, 1.807) is 12.1 Å². The zero-order valence-electron chi connectivity index (χ0n) is 16.1. The molecular formula is C21H17F2N3O4S. The molecule has 1 amide bonds. The van der Waals surface area contributed by atoms with Gasteiger partial charge in [0.25, 0.3) is 0 Å². The predicted octanol–water partition coefficient (Wildman–Crippen LogP) is 3.52. The largest absolute Gasteiger partial charge is 0.439 e. The fourth-order valence-electron chi connectivity index (χ4n) is 3.07. The lowest BCUT2D eigenvalue weighted by Crippen LogP contribution is -2.25. The summed E-state index contributed by atoms with van der Waals surface area (Å²) in [6, 6.07) is 10.9. The van der Waals surface area contributed by atoms with Gasteiger partial charge in [-0.15, -0.1) is 0 Å². The van der Waals surface area contributed by atoms with Crippen molar-refractivity contribution in [1.29, 1.82) is 0 Å². The first-order valence-corrected chi connectivity index (χ1v) is 10.8. The summed E-state index contributed by atoms with van der Waals surface area (Å²) in [6.07, 6.45) is 1.94. The number of nitrogens with zero attached hydrogens (tertiary/aromatic N) is 1. The third-order valence-corrected chi connectivity index (χ3v) is 6.04. The van der Waals surface area contributed by atoms with Crippen LogP contribution in [-0.4, -0.2) is 19.3 Å². The maximum absolute atomic E-state index is 14.4. The monoisotopic (exact) mass is 445 g/mol. The Morgan fingerprint density at radius 1 is 1.10 bits per heavy atom. The molecule has 0 atom stereocenters. The number of amides is 1. The van der Waals surface area contributed by atoms with Gasteiger partial charge in [0, 0.05) is 37.0 Å². The molecule has 10 heteroatoms. The molecule has 2 heterocycles. The first-order valence-electron chi connectivity index (χ1n) is 9.30. The summed E-state index contributed by atoms with van der Waals surface area (Å²) in [5.74, 6) is -1.15. The molecule has 1 aliphatic rings. The zero-order chi connectivity index (χ0) is 22.0. The van der Waals surface area contributed by atoms with E-state index in [4.69, 9.17) is 4.74 Å². The molecule has 1 aliphatic heterocycles. The van der Waals surface area contributed by atoms with Crippen molar-refractivity contribution in [3.63, 3.8) is 0 Å². The molecule has 7 nitrogen and oxygen atoms in total. The van der Waals surface area contributed by atoms with Crippen LogP contribution in [0.15, 0.2) is 59.6 Å². The van der Waals surface area contributed by atoms with E-state index in [0.717, 1.165) is 6.07 Å². The van der Waals surface area contributed by atoms with Gasteiger partial charge < -0.3 is 10.1 Å². The topological polar surface area (TPSA) is 97.4 Å². The first kappa shape index (κ1) is 20.9. The van der Waals surface area contributed by atoms with Gasteiger partial charge in [0.1, 0.15) is 22.3 Å². The second-order valence-corrected chi connectivity index (χ2v) is 8.61. The number of fused-ring (bicyclic) bond motifs is 1. The fraction of sp³-hybridized carbons (Fsp3) is 0.143. The second kappa shape index (κ2) is 8.40. The highest BCUT2D eigenvalue weighted by molar-refractivity contribution is 7.89. The lowest BCUT2D eigenvalue weighted by atomic mass is 10.0. The Labute approximate surface area is 177 Å². The van der Waals surface area contributed by atoms with Crippen LogP contribution in [0.1, 0.15) is 17.5 Å². The van der Waals surface area contributed by atoms with E-state index >= 15 is 0 Å². The SMILES string of the molecule is O=C1CCc2cc(S(=O)(=O)NCc3ccc(Oc4cccc(F)c4)nc3)c(F)cc2N1. The molecule has 0 bridgehead atoms. The highest BCUT2D eigenvalue weighted by atomic mass is 32.2. The fourth-order valence-corrected chi connectivity index (χ4v) is 4.19. The van der Waals surface area contributed by atoms with Gasteiger partial charge in [-0.05, 0) is 41.8 Å². The maximum Gasteiger partial charge on any atom is 0.243 e. The molecule has 0 spiro atoms. The van der Waals surface area contributed by atoms with Crippen LogP contribution in [-0.2, 0) is 27.8 Å². The quantitative estimate of drug-likeness (QED) is 0.605. The molecule has 4 rings (SSSR count). The van der Waals surface area contributed by atoms with Crippen LogP contribution >= 0.6 is 0 Å². The van der Waals surface area contributed by atoms with E-state index in [9.17, 15) is 22.0 Å². The van der Waals surface area contributed by atoms with Crippen molar-refractivity contribution in [3.8, 4) is 11.6 Å². The summed E-state index contributed by atoms with van der Waals surface area (Å²) in [6.45, 7) is -0.122. The molecule has 2 aromatic carbocycles. The highest BCUT2D eigenvalue weighted by Crippen LogP contribution is 2.28. The molecule has 1 aromatic heterocycles. The van der Waals surface area contributed by atoms with Gasteiger partial charge in [0.05, 0.1) is 0 Å². The zero-order valence-corrected chi connectivity index (χ0v) is 16.9. The van der Waals surface area contributed by atoms with Crippen molar-refractivity contribution in [2.45, 2.75) is 24.3 Å². The number of nitrogens with one attached hydrogen (secondary N) is 2. The number of ether oxygens (including phenoxy) is 1. The van der Waals surface area contributed by atoms with E-state index in [2.05, 4.69) is 15.0 Å². The van der Waals surface area contributed by atoms with Gasteiger partial charge in [0.15, 0.2) is 0 Å². The number of rotatable bonds is 6. The second-order valence-electron chi connectivity index (χ2n) is 6.88. The maximum atomic E-state index is 14.4. The van der Waals surface area contributed by atoms with Crippen molar-refractivity contribution in [2.75, 3.05) is 5.32 Å². The normalized spacial score (nSPS) is 13.4. The number of hydrogen-bond donors (Lipinski definition) is 2. The molecule has 0 unspecified atom stereocenters. The van der Waals surface area contributed by atoms with Gasteiger partial charge >= 0.3 is 0 Å². The lowest BCUT2D eigenvalue weighted by molar-refractivity contribution is -0.116. The Hall–Kier alpha value is -3.37. The van der Waals surface area contributed by atoms with Crippen molar-refractivity contribution in [3.05, 3.63) is 77.5 Å². The summed E-state index contributed by atoms with van der Waals surface area (Å²) >= 11 is 0. The van der Waals surface area contributed by atoms with Crippen molar-refractivity contribution in [1.82, 2.24) is 9.71 Å². The van der Waals surface area contributed by atoms with Crippen LogP contribution in [0.25, 0.3) is 0 Å². The van der Waals surface area contributed by atoms with E-state index < -0.39 is 26.6 Å². The minimum Gasteiger partial charge on any atom is -0.439 e. The number of carbonyl (C=O) groups excluding carboxylic acids is 1. The first-order chi connectivity index (χ1) is 14.8. The van der Waals surface area contributed by atoms with E-state index in [1.165, 1.54) is 36.5 Å². The number of carbonyl (C=O) groups is 1. The van der Waals surface area contributed by atoms with E-state index in [1.807, 2.05) is 0 Å². The smallest absolute Gasteiger partial charge is 0.243 e. The average molecular weight is 445 g/mol. The molecule has 0 saturated carbocycles. The summed E-state index contributed by atoms with van der Waals surface area (Å²) in [4.78, 5) is 15.0. The average Bonchev–Trinajstić information content (AvgIpc) is 2.72. The number of hydrogen-bond acceptors (Lipinski definition) is 5. The molecule has 0 radical (unpaired) electrons. The third kappa shape index (κ3) is 4.86. The van der Waals surface area contributed by atoms with Crippen LogP contribution in [0.4, 0.5) is 14.5 Å². The van der Waals surface area contributed by atoms with Crippen LogP contribution < -0.4 is 14.8 Å². The van der Waals surface area contributed by atoms with Crippen LogP contribution in [0.5, 0.6) is 11.6 Å². The van der Waals surface area contributed by atoms with Crippen molar-refractivity contribution >= 4 is 21.6 Å². The van der Waals surface area contributed by atoms with Crippen LogP contribution in [0.2, 0.25) is 0 Å². The highest BCUT2D eigenvalue weighted by Gasteiger charge is 2.24. The number of aryl methyl sites for hydroxylation is 1. The molecule has 31 heavy (non-hydrogen) atoms. The minimum atomic E-state index is -4.14. The molecule has 0 fully saturated rings. The van der Waals surface area contributed by atoms with Gasteiger partial charge in [0.2, 0.25) is 21.8 Å². The summed E-state index contributed by atoms with van der Waals surface area (Å²) in [7, 11) is -4.14. The van der Waals surface area contributed by atoms with Crippen LogP contribution in [0, 0.1) is 11.6 Å². The Balaban J connectivity index is 1.44. The van der Waals surface area contributed by atoms with Gasteiger partial charge in [-0.2, -0.15) is 0 Å². The Morgan fingerprint density at radius 3 is 2.68 bits per heavy atom. The number of sulfonamides is 1. The Kier molecular flexibility index (Phi) is 5.66. The van der Waals surface area contributed by atoms with Crippen molar-refractivity contribution < 1.29 is 26.7 Å². The standard InChI is InChI=1S/C21H17F2N3O4S/c22-15-2-1-3-16(9-15)30-21-7-4-13(11-24-21)12-25-31(28,29)19-8-14-5-6-20(27)26-18(14)10-17(19)23/h1-4,7-11,25H,5-6,12H2,(H,26,27). The van der Waals surface area contributed by atoms with Gasteiger partial charge in [-0.3, -0.25) is 4.79 Å². The molecular weight excluding hydrogens is 428 g/mol. The summed E-state index contributed by atoms with van der Waals surface area (Å²) < 4.78 is 60.6. The minimum absolute atomic E-state index is 0.122. The molecule has 3 aromatic rings. The Bertz CT molecular complexity index is 1250. The molecule has 2 N–H and O–H groups in total. The van der Waals surface area contributed by atoms with E-state index in [0.29, 0.717) is 17.5 Å². The van der Waals surface area contributed by atoms with Gasteiger partial charge in [-0.1, -0.05) is 12.1 Å². The lowest BCUT2D eigenvalue weighted by Gasteiger charge is -2.18. The number of benzene rings is 2. The molecule has 160 valence electrons. The Morgan fingerprint density at radius 2 is 1.94 bits per heavy atom. The van der Waals surface area contributed by atoms with Gasteiger partial charge in [-0.25, -0.2) is 26.9 Å². The van der Waals surface area contributed by atoms with Crippen LogP contribution in [0.3, 0.4) is 0 Å². The molecule has 0 aliphatic carbocycles. The third-order valence-electron chi connectivity index (χ3n) is 4.63. The van der Waals surface area contributed by atoms with E-state index in [-0.39, 0.29) is 36.2 Å². The number of aromatic nitrogens is 1. The van der Waals surface area contributed by atoms with Crippen molar-refractivity contribution in [2.24, 2.45) is 0 Å². The summed E-state index contributed by atoms with van der Waals surface area (Å²) in [5.41, 5.74) is 1.36.